The van der Waals surface area contributed by atoms with Gasteiger partial charge in [0.25, 0.3) is 5.56 Å². The Balaban J connectivity index is 1.73. The van der Waals surface area contributed by atoms with Crippen LogP contribution in [0.4, 0.5) is 18.9 Å². The van der Waals surface area contributed by atoms with Crippen LogP contribution in [0.5, 0.6) is 0 Å². The van der Waals surface area contributed by atoms with Crippen LogP contribution in [0.3, 0.4) is 0 Å². The number of fused-ring (bicyclic) bond motifs is 3. The maximum absolute atomic E-state index is 13.3. The smallest absolute Gasteiger partial charge is 0.324 e. The van der Waals surface area contributed by atoms with E-state index in [-0.39, 0.29) is 16.4 Å². The molecule has 0 atom stereocenters. The molecule has 0 saturated carbocycles. The molecule has 0 radical (unpaired) electrons. The van der Waals surface area contributed by atoms with Crippen molar-refractivity contribution < 1.29 is 18.0 Å². The molecule has 0 saturated heterocycles. The van der Waals surface area contributed by atoms with E-state index >= 15 is 0 Å². The van der Waals surface area contributed by atoms with Crippen molar-refractivity contribution in [1.82, 2.24) is 18.7 Å². The number of rotatable bonds is 6. The summed E-state index contributed by atoms with van der Waals surface area (Å²) in [6, 6.07) is 4.55. The average Bonchev–Trinajstić information content (AvgIpc) is 3.34. The van der Waals surface area contributed by atoms with Crippen LogP contribution in [0.15, 0.2) is 39.2 Å². The molecule has 0 unspecified atom stereocenters. The lowest BCUT2D eigenvalue weighted by Gasteiger charge is -2.14. The van der Waals surface area contributed by atoms with E-state index in [1.807, 2.05) is 6.92 Å². The van der Waals surface area contributed by atoms with E-state index < -0.39 is 35.6 Å². The summed E-state index contributed by atoms with van der Waals surface area (Å²) < 4.78 is 43.7. The summed E-state index contributed by atoms with van der Waals surface area (Å²) in [6.45, 7) is 1.63. The van der Waals surface area contributed by atoms with Crippen molar-refractivity contribution in [2.75, 3.05) is 5.32 Å². The average molecular weight is 500 g/mol. The first-order chi connectivity index (χ1) is 15.6. The molecule has 3 heterocycles. The Morgan fingerprint density at radius 1 is 1.24 bits per heavy atom. The molecule has 4 rings (SSSR count). The second-order valence-corrected chi connectivity index (χ2v) is 8.61. The van der Waals surface area contributed by atoms with E-state index in [1.54, 1.807) is 11.4 Å². The van der Waals surface area contributed by atoms with Crippen LogP contribution in [-0.2, 0) is 24.1 Å². The van der Waals surface area contributed by atoms with Crippen molar-refractivity contribution >= 4 is 50.5 Å². The van der Waals surface area contributed by atoms with Crippen molar-refractivity contribution in [3.63, 3.8) is 0 Å². The Hall–Kier alpha value is -3.12. The SMILES string of the molecule is CCCCn1c(=O)c2sccc2n2c(=O)n(CC(=O)Nc3ccc(Cl)cc3C(F)(F)F)nc12. The van der Waals surface area contributed by atoms with Gasteiger partial charge in [0.15, 0.2) is 0 Å². The number of unbranched alkanes of at least 4 members (excludes halogenated alkanes) is 1. The van der Waals surface area contributed by atoms with Gasteiger partial charge in [-0.15, -0.1) is 16.4 Å². The van der Waals surface area contributed by atoms with Crippen molar-refractivity contribution in [3.8, 4) is 0 Å². The topological polar surface area (TPSA) is 90.4 Å². The van der Waals surface area contributed by atoms with Crippen LogP contribution in [0, 0.1) is 0 Å². The molecule has 4 aromatic rings. The minimum absolute atomic E-state index is 0.0691. The number of aromatic nitrogens is 4. The molecule has 0 aliphatic rings. The second-order valence-electron chi connectivity index (χ2n) is 7.26. The summed E-state index contributed by atoms with van der Waals surface area (Å²) in [5, 5.41) is 7.85. The number of nitrogens with one attached hydrogen (secondary N) is 1. The largest absolute Gasteiger partial charge is 0.418 e. The van der Waals surface area contributed by atoms with Gasteiger partial charge in [0, 0.05) is 11.6 Å². The Labute approximate surface area is 192 Å². The van der Waals surface area contributed by atoms with E-state index in [9.17, 15) is 27.6 Å². The third kappa shape index (κ3) is 4.27. The Kier molecular flexibility index (Phi) is 6.06. The normalized spacial score (nSPS) is 12.0. The van der Waals surface area contributed by atoms with Crippen LogP contribution in [0.2, 0.25) is 5.02 Å². The highest BCUT2D eigenvalue weighted by Gasteiger charge is 2.34. The van der Waals surface area contributed by atoms with Gasteiger partial charge in [-0.25, -0.2) is 13.9 Å². The molecular formula is C20H17ClF3N5O3S. The Morgan fingerprint density at radius 2 is 2.00 bits per heavy atom. The molecule has 174 valence electrons. The van der Waals surface area contributed by atoms with Crippen LogP contribution in [0.25, 0.3) is 16.0 Å². The van der Waals surface area contributed by atoms with Crippen LogP contribution in [0.1, 0.15) is 25.3 Å². The van der Waals surface area contributed by atoms with Crippen molar-refractivity contribution in [1.29, 1.82) is 0 Å². The molecule has 3 aromatic heterocycles. The van der Waals surface area contributed by atoms with Crippen molar-refractivity contribution in [2.45, 2.75) is 39.0 Å². The first-order valence-electron chi connectivity index (χ1n) is 9.88. The number of hydrogen-bond donors (Lipinski definition) is 1. The van der Waals surface area contributed by atoms with Gasteiger partial charge in [-0.05, 0) is 36.1 Å². The first-order valence-corrected chi connectivity index (χ1v) is 11.1. The Morgan fingerprint density at radius 3 is 2.70 bits per heavy atom. The van der Waals surface area contributed by atoms with Gasteiger partial charge in [0.2, 0.25) is 11.7 Å². The quantitative estimate of drug-likeness (QED) is 0.434. The van der Waals surface area contributed by atoms with Gasteiger partial charge >= 0.3 is 11.9 Å². The number of anilines is 1. The molecule has 0 spiro atoms. The highest BCUT2D eigenvalue weighted by molar-refractivity contribution is 7.17. The third-order valence-corrected chi connectivity index (χ3v) is 6.10. The molecule has 8 nitrogen and oxygen atoms in total. The molecule has 1 aromatic carbocycles. The molecule has 13 heteroatoms. The fourth-order valence-corrected chi connectivity index (χ4v) is 4.44. The number of carbonyl (C=O) groups excluding carboxylic acids is 1. The summed E-state index contributed by atoms with van der Waals surface area (Å²) >= 11 is 6.85. The maximum Gasteiger partial charge on any atom is 0.418 e. The summed E-state index contributed by atoms with van der Waals surface area (Å²) in [5.41, 5.74) is -2.21. The highest BCUT2D eigenvalue weighted by Crippen LogP contribution is 2.36. The molecular weight excluding hydrogens is 483 g/mol. The monoisotopic (exact) mass is 499 g/mol. The molecule has 0 bridgehead atoms. The number of benzene rings is 1. The first kappa shape index (κ1) is 23.1. The zero-order valence-electron chi connectivity index (χ0n) is 17.1. The second kappa shape index (κ2) is 8.67. The summed E-state index contributed by atoms with van der Waals surface area (Å²) in [5.74, 6) is -0.822. The zero-order valence-corrected chi connectivity index (χ0v) is 18.7. The van der Waals surface area contributed by atoms with Gasteiger partial charge in [-0.3, -0.25) is 14.2 Å². The number of amides is 1. The van der Waals surface area contributed by atoms with Gasteiger partial charge in [0.05, 0.1) is 16.8 Å². The van der Waals surface area contributed by atoms with Gasteiger partial charge in [-0.1, -0.05) is 24.9 Å². The van der Waals surface area contributed by atoms with E-state index in [4.69, 9.17) is 11.6 Å². The number of carbonyl (C=O) groups is 1. The standard InChI is InChI=1S/C20H17ClF3N5O3S/c1-2-3-7-27-17(31)16-14(6-8-33-16)29-18(27)26-28(19(29)32)10-15(30)25-13-5-4-11(21)9-12(13)20(22,23)24/h4-6,8-9H,2-3,7,10H2,1H3,(H,25,30). The minimum Gasteiger partial charge on any atom is -0.324 e. The minimum atomic E-state index is -4.74. The lowest BCUT2D eigenvalue weighted by Crippen LogP contribution is -2.29. The van der Waals surface area contributed by atoms with Gasteiger partial charge < -0.3 is 5.32 Å². The predicted molar refractivity (Wildman–Crippen MR) is 119 cm³/mol. The summed E-state index contributed by atoms with van der Waals surface area (Å²) in [4.78, 5) is 38.4. The van der Waals surface area contributed by atoms with Gasteiger partial charge in [-0.2, -0.15) is 13.2 Å². The lowest BCUT2D eigenvalue weighted by molar-refractivity contribution is -0.137. The Bertz CT molecular complexity index is 1480. The number of alkyl halides is 3. The number of halogens is 4. The van der Waals surface area contributed by atoms with Crippen LogP contribution >= 0.6 is 22.9 Å². The lowest BCUT2D eigenvalue weighted by atomic mass is 10.1. The predicted octanol–water partition coefficient (Wildman–Crippen LogP) is 3.98. The highest BCUT2D eigenvalue weighted by atomic mass is 35.5. The van der Waals surface area contributed by atoms with E-state index in [2.05, 4.69) is 10.4 Å². The van der Waals surface area contributed by atoms with E-state index in [0.29, 0.717) is 29.2 Å². The summed E-state index contributed by atoms with van der Waals surface area (Å²) in [6.07, 6.45) is -3.27. The number of thiophene rings is 1. The maximum atomic E-state index is 13.3. The molecule has 0 fully saturated rings. The van der Waals surface area contributed by atoms with Crippen LogP contribution < -0.4 is 16.6 Å². The molecule has 1 N–H and O–H groups in total. The fourth-order valence-electron chi connectivity index (χ4n) is 3.44. The summed E-state index contributed by atoms with van der Waals surface area (Å²) in [7, 11) is 0. The van der Waals surface area contributed by atoms with Crippen molar-refractivity contribution in [3.05, 3.63) is 61.1 Å². The fraction of sp³-hybridized carbons (Fsp3) is 0.300. The van der Waals surface area contributed by atoms with E-state index in [1.165, 1.54) is 26.4 Å². The molecule has 0 aliphatic carbocycles. The third-order valence-electron chi connectivity index (χ3n) is 4.98. The van der Waals surface area contributed by atoms with Gasteiger partial charge in [0.1, 0.15) is 11.2 Å². The number of aryl methyl sites for hydroxylation is 1. The van der Waals surface area contributed by atoms with Crippen molar-refractivity contribution in [2.24, 2.45) is 0 Å². The van der Waals surface area contributed by atoms with Crippen LogP contribution in [-0.4, -0.2) is 24.7 Å². The molecule has 1 amide bonds. The number of hydrogen-bond acceptors (Lipinski definition) is 5. The molecule has 33 heavy (non-hydrogen) atoms. The van der Waals surface area contributed by atoms with E-state index in [0.717, 1.165) is 17.2 Å². The zero-order chi connectivity index (χ0) is 23.9. The molecule has 0 aliphatic heterocycles. The number of nitrogens with zero attached hydrogens (tertiary/aromatic N) is 4.